The second-order valence-corrected chi connectivity index (χ2v) is 8.69. The number of carbonyl (C=O) groups is 2. The number of amides is 1. The number of nitrogens with zero attached hydrogens (tertiary/aromatic N) is 1. The lowest BCUT2D eigenvalue weighted by atomic mass is 10.2. The molecule has 1 aliphatic heterocycles. The van der Waals surface area contributed by atoms with E-state index in [9.17, 15) is 18.0 Å². The minimum Gasteiger partial charge on any atom is -0.348 e. The zero-order chi connectivity index (χ0) is 18.0. The second kappa shape index (κ2) is 7.23. The molecule has 136 valence electrons. The van der Waals surface area contributed by atoms with Gasteiger partial charge < -0.3 is 10.2 Å². The van der Waals surface area contributed by atoms with E-state index in [1.54, 1.807) is 12.1 Å². The average Bonchev–Trinajstić information content (AvgIpc) is 3.39. The third-order valence-electron chi connectivity index (χ3n) is 4.66. The number of quaternary nitrogens is 1. The van der Waals surface area contributed by atoms with Crippen molar-refractivity contribution < 1.29 is 22.9 Å². The van der Waals surface area contributed by atoms with Crippen LogP contribution in [0.25, 0.3) is 0 Å². The second-order valence-electron chi connectivity index (χ2n) is 6.76. The molecule has 1 aromatic rings. The first-order valence-corrected chi connectivity index (χ1v) is 10.0. The van der Waals surface area contributed by atoms with Gasteiger partial charge in [-0.05, 0) is 31.9 Å². The first kappa shape index (κ1) is 18.0. The van der Waals surface area contributed by atoms with Gasteiger partial charge in [0.15, 0.2) is 12.3 Å². The maximum Gasteiger partial charge on any atom is 0.275 e. The fourth-order valence-electron chi connectivity index (χ4n) is 2.98. The van der Waals surface area contributed by atoms with Gasteiger partial charge in [-0.1, -0.05) is 12.1 Å². The molecular formula is C17H24N3O4S+. The Hall–Kier alpha value is -1.77. The molecule has 1 saturated heterocycles. The zero-order valence-corrected chi connectivity index (χ0v) is 15.1. The highest BCUT2D eigenvalue weighted by Gasteiger charge is 2.32. The predicted octanol–water partition coefficient (Wildman–Crippen LogP) is -0.943. The van der Waals surface area contributed by atoms with E-state index in [1.807, 2.05) is 0 Å². The summed E-state index contributed by atoms with van der Waals surface area (Å²) in [4.78, 5) is 24.6. The van der Waals surface area contributed by atoms with Gasteiger partial charge in [0, 0.05) is 11.6 Å². The molecule has 0 bridgehead atoms. The SMILES string of the molecule is CC(=O)c1cccc(S(=O)(=O)N2CC[NH+](CC(=O)NC3CC3)CC2)c1. The van der Waals surface area contributed by atoms with Crippen LogP contribution in [0.5, 0.6) is 0 Å². The maximum absolute atomic E-state index is 12.8. The lowest BCUT2D eigenvalue weighted by Gasteiger charge is -2.31. The summed E-state index contributed by atoms with van der Waals surface area (Å²) in [7, 11) is -3.61. The standard InChI is InChI=1S/C17H23N3O4S/c1-13(21)14-3-2-4-16(11-14)25(23,24)20-9-7-19(8-10-20)12-17(22)18-15-5-6-15/h2-4,11,15H,5-10,12H2,1H3,(H,18,22)/p+1. The molecule has 1 aliphatic carbocycles. The molecule has 8 heteroatoms. The number of Topliss-reactive ketones (excluding diaryl/α,β-unsaturated/α-hetero) is 1. The van der Waals surface area contributed by atoms with Crippen LogP contribution in [0.1, 0.15) is 30.1 Å². The summed E-state index contributed by atoms with van der Waals surface area (Å²) in [5.74, 6) is -0.115. The van der Waals surface area contributed by atoms with Crippen molar-refractivity contribution in [2.75, 3.05) is 32.7 Å². The number of nitrogens with one attached hydrogen (secondary N) is 2. The molecule has 1 amide bonds. The van der Waals surface area contributed by atoms with Gasteiger partial charge in [0.1, 0.15) is 0 Å². The quantitative estimate of drug-likeness (QED) is 0.636. The molecule has 2 aliphatic rings. The molecule has 0 atom stereocenters. The largest absolute Gasteiger partial charge is 0.348 e. The van der Waals surface area contributed by atoms with Crippen molar-refractivity contribution in [3.63, 3.8) is 0 Å². The van der Waals surface area contributed by atoms with Crippen LogP contribution in [0.15, 0.2) is 29.2 Å². The third-order valence-corrected chi connectivity index (χ3v) is 6.56. The molecule has 7 nitrogen and oxygen atoms in total. The fraction of sp³-hybridized carbons (Fsp3) is 0.529. The minimum absolute atomic E-state index is 0.0444. The van der Waals surface area contributed by atoms with Crippen LogP contribution in [-0.4, -0.2) is 63.2 Å². The highest BCUT2D eigenvalue weighted by molar-refractivity contribution is 7.89. The summed E-state index contributed by atoms with van der Waals surface area (Å²) >= 11 is 0. The van der Waals surface area contributed by atoms with Gasteiger partial charge >= 0.3 is 0 Å². The lowest BCUT2D eigenvalue weighted by molar-refractivity contribution is -0.895. The van der Waals surface area contributed by atoms with Crippen LogP contribution >= 0.6 is 0 Å². The zero-order valence-electron chi connectivity index (χ0n) is 14.3. The first-order chi connectivity index (χ1) is 11.9. The Balaban J connectivity index is 1.60. The van der Waals surface area contributed by atoms with E-state index in [2.05, 4.69) is 5.32 Å². The van der Waals surface area contributed by atoms with Crippen molar-refractivity contribution >= 4 is 21.7 Å². The Morgan fingerprint density at radius 3 is 2.52 bits per heavy atom. The number of piperazine rings is 1. The van der Waals surface area contributed by atoms with Gasteiger partial charge in [-0.25, -0.2) is 8.42 Å². The van der Waals surface area contributed by atoms with Crippen molar-refractivity contribution in [1.82, 2.24) is 9.62 Å². The van der Waals surface area contributed by atoms with Crippen LogP contribution < -0.4 is 10.2 Å². The van der Waals surface area contributed by atoms with E-state index >= 15 is 0 Å². The summed E-state index contributed by atoms with van der Waals surface area (Å²) in [5, 5.41) is 2.96. The minimum atomic E-state index is -3.61. The molecule has 2 fully saturated rings. The molecule has 0 spiro atoms. The van der Waals surface area contributed by atoms with Gasteiger partial charge in [-0.2, -0.15) is 4.31 Å². The molecule has 1 heterocycles. The predicted molar refractivity (Wildman–Crippen MR) is 91.9 cm³/mol. The lowest BCUT2D eigenvalue weighted by Crippen LogP contribution is -3.15. The Bertz CT molecular complexity index is 766. The molecule has 1 aromatic carbocycles. The average molecular weight is 366 g/mol. The molecular weight excluding hydrogens is 342 g/mol. The summed E-state index contributed by atoms with van der Waals surface area (Å²) in [6, 6.07) is 6.50. The topological polar surface area (TPSA) is 88.0 Å². The Kier molecular flexibility index (Phi) is 5.21. The van der Waals surface area contributed by atoms with Crippen LogP contribution in [0.4, 0.5) is 0 Å². The monoisotopic (exact) mass is 366 g/mol. The summed E-state index contributed by atoms with van der Waals surface area (Å²) in [6.07, 6.45) is 2.12. The molecule has 3 rings (SSSR count). The Labute approximate surface area is 148 Å². The van der Waals surface area contributed by atoms with Crippen molar-refractivity contribution in [1.29, 1.82) is 0 Å². The van der Waals surface area contributed by atoms with E-state index in [1.165, 1.54) is 23.4 Å². The van der Waals surface area contributed by atoms with E-state index in [4.69, 9.17) is 0 Å². The maximum atomic E-state index is 12.8. The third kappa shape index (κ3) is 4.45. The Morgan fingerprint density at radius 2 is 1.92 bits per heavy atom. The number of carbonyl (C=O) groups excluding carboxylic acids is 2. The fourth-order valence-corrected chi connectivity index (χ4v) is 4.47. The van der Waals surface area contributed by atoms with Crippen LogP contribution in [0.3, 0.4) is 0 Å². The van der Waals surface area contributed by atoms with E-state index < -0.39 is 10.0 Å². The van der Waals surface area contributed by atoms with Gasteiger partial charge in [0.2, 0.25) is 10.0 Å². The normalized spacial score (nSPS) is 19.6. The molecule has 1 saturated carbocycles. The van der Waals surface area contributed by atoms with Crippen LogP contribution in [0.2, 0.25) is 0 Å². The molecule has 0 radical (unpaired) electrons. The van der Waals surface area contributed by atoms with Crippen LogP contribution in [0, 0.1) is 0 Å². The van der Waals surface area contributed by atoms with E-state index in [0.717, 1.165) is 17.7 Å². The van der Waals surface area contributed by atoms with Crippen LogP contribution in [-0.2, 0) is 14.8 Å². The van der Waals surface area contributed by atoms with Crippen molar-refractivity contribution in [3.05, 3.63) is 29.8 Å². The van der Waals surface area contributed by atoms with Crippen molar-refractivity contribution in [2.24, 2.45) is 0 Å². The number of hydrogen-bond acceptors (Lipinski definition) is 4. The molecule has 25 heavy (non-hydrogen) atoms. The number of benzene rings is 1. The molecule has 0 unspecified atom stereocenters. The molecule has 0 aromatic heterocycles. The Morgan fingerprint density at radius 1 is 1.24 bits per heavy atom. The highest BCUT2D eigenvalue weighted by Crippen LogP contribution is 2.18. The number of sulfonamides is 1. The van der Waals surface area contributed by atoms with Gasteiger partial charge in [-0.15, -0.1) is 0 Å². The first-order valence-electron chi connectivity index (χ1n) is 8.60. The van der Waals surface area contributed by atoms with E-state index in [0.29, 0.717) is 44.3 Å². The number of rotatable bonds is 6. The van der Waals surface area contributed by atoms with Gasteiger partial charge in [0.25, 0.3) is 5.91 Å². The van der Waals surface area contributed by atoms with Crippen molar-refractivity contribution in [2.45, 2.75) is 30.7 Å². The summed E-state index contributed by atoms with van der Waals surface area (Å²) in [5.41, 5.74) is 0.391. The summed E-state index contributed by atoms with van der Waals surface area (Å²) < 4.78 is 27.0. The summed E-state index contributed by atoms with van der Waals surface area (Å²) in [6.45, 7) is 3.76. The highest BCUT2D eigenvalue weighted by atomic mass is 32.2. The molecule has 2 N–H and O–H groups in total. The van der Waals surface area contributed by atoms with Crippen molar-refractivity contribution in [3.8, 4) is 0 Å². The number of ketones is 1. The van der Waals surface area contributed by atoms with E-state index in [-0.39, 0.29) is 16.6 Å². The number of hydrogen-bond donors (Lipinski definition) is 2. The van der Waals surface area contributed by atoms with Gasteiger partial charge in [-0.3, -0.25) is 9.59 Å². The smallest absolute Gasteiger partial charge is 0.275 e. The van der Waals surface area contributed by atoms with Gasteiger partial charge in [0.05, 0.1) is 31.1 Å².